The molecule has 0 saturated heterocycles. The van der Waals surface area contributed by atoms with Crippen LogP contribution in [0.3, 0.4) is 0 Å². The quantitative estimate of drug-likeness (QED) is 0.249. The summed E-state index contributed by atoms with van der Waals surface area (Å²) >= 11 is 1.26. The van der Waals surface area contributed by atoms with Crippen LogP contribution in [0.1, 0.15) is 114 Å². The second-order valence-corrected chi connectivity index (χ2v) is 13.8. The Morgan fingerprint density at radius 2 is 1.56 bits per heavy atom. The lowest BCUT2D eigenvalue weighted by molar-refractivity contribution is -0.150. The number of methoxy groups -OCH3 is 1. The minimum Gasteiger partial charge on any atom is -0.465 e. The molecule has 0 aliphatic heterocycles. The van der Waals surface area contributed by atoms with E-state index in [4.69, 9.17) is 9.47 Å². The van der Waals surface area contributed by atoms with Crippen molar-refractivity contribution < 1.29 is 23.9 Å². The van der Waals surface area contributed by atoms with Crippen molar-refractivity contribution in [3.63, 3.8) is 0 Å². The van der Waals surface area contributed by atoms with Crippen LogP contribution in [0, 0.1) is 40.9 Å². The van der Waals surface area contributed by atoms with Crippen LogP contribution >= 0.6 is 11.3 Å². The third kappa shape index (κ3) is 8.83. The van der Waals surface area contributed by atoms with Gasteiger partial charge < -0.3 is 14.4 Å². The Labute approximate surface area is 239 Å². The van der Waals surface area contributed by atoms with Gasteiger partial charge in [0.1, 0.15) is 4.88 Å². The van der Waals surface area contributed by atoms with Crippen molar-refractivity contribution in [2.75, 3.05) is 18.6 Å². The largest absolute Gasteiger partial charge is 0.465 e. The summed E-state index contributed by atoms with van der Waals surface area (Å²) in [5.74, 6) is 7.02. The maximum Gasteiger partial charge on any atom is 0.350 e. The van der Waals surface area contributed by atoms with Gasteiger partial charge in [-0.2, -0.15) is 0 Å². The Morgan fingerprint density at radius 1 is 1.00 bits per heavy atom. The van der Waals surface area contributed by atoms with Gasteiger partial charge in [0.2, 0.25) is 5.91 Å². The smallest absolute Gasteiger partial charge is 0.350 e. The Kier molecular flexibility index (Phi) is 11.1. The number of rotatable bonds is 8. The van der Waals surface area contributed by atoms with Crippen molar-refractivity contribution in [3.8, 4) is 11.8 Å². The molecule has 0 N–H and O–H groups in total. The molecule has 0 aromatic carbocycles. The first-order chi connectivity index (χ1) is 18.4. The molecule has 2 fully saturated rings. The van der Waals surface area contributed by atoms with Gasteiger partial charge in [-0.1, -0.05) is 25.7 Å². The molecule has 0 radical (unpaired) electrons. The van der Waals surface area contributed by atoms with Crippen molar-refractivity contribution in [3.05, 3.63) is 15.8 Å². The van der Waals surface area contributed by atoms with Gasteiger partial charge in [0.25, 0.3) is 0 Å². The monoisotopic (exact) mass is 557 g/mol. The zero-order valence-corrected chi connectivity index (χ0v) is 25.7. The highest BCUT2D eigenvalue weighted by atomic mass is 32.1. The molecule has 2 aliphatic rings. The van der Waals surface area contributed by atoms with E-state index in [9.17, 15) is 14.4 Å². The van der Waals surface area contributed by atoms with Crippen LogP contribution in [-0.4, -0.2) is 37.6 Å². The van der Waals surface area contributed by atoms with Crippen LogP contribution in [0.2, 0.25) is 0 Å². The summed E-state index contributed by atoms with van der Waals surface area (Å²) in [5, 5.41) is 0. The Balaban J connectivity index is 1.85. The summed E-state index contributed by atoms with van der Waals surface area (Å²) in [6, 6.07) is 1.59. The van der Waals surface area contributed by atoms with Crippen molar-refractivity contribution in [1.82, 2.24) is 0 Å². The van der Waals surface area contributed by atoms with Gasteiger partial charge >= 0.3 is 11.9 Å². The fourth-order valence-electron chi connectivity index (χ4n) is 5.46. The molecule has 1 aromatic heterocycles. The summed E-state index contributed by atoms with van der Waals surface area (Å²) in [5.41, 5.74) is 0.353. The van der Waals surface area contributed by atoms with E-state index in [0.717, 1.165) is 56.2 Å². The zero-order chi connectivity index (χ0) is 28.7. The maximum atomic E-state index is 14.0. The molecule has 2 saturated carbocycles. The predicted octanol–water partition coefficient (Wildman–Crippen LogP) is 7.24. The molecule has 6 nitrogen and oxygen atoms in total. The molecule has 7 heteroatoms. The van der Waals surface area contributed by atoms with E-state index in [0.29, 0.717) is 28.8 Å². The second kappa shape index (κ2) is 13.8. The maximum absolute atomic E-state index is 14.0. The fraction of sp³-hybridized carbons (Fsp3) is 0.719. The average molecular weight is 558 g/mol. The van der Waals surface area contributed by atoms with Crippen LogP contribution in [-0.2, 0) is 19.1 Å². The molecule has 1 atom stereocenters. The molecule has 2 aliphatic carbocycles. The Bertz CT molecular complexity index is 1060. The van der Waals surface area contributed by atoms with E-state index < -0.39 is 5.97 Å². The van der Waals surface area contributed by atoms with Crippen molar-refractivity contribution >= 4 is 34.9 Å². The van der Waals surface area contributed by atoms with Crippen molar-refractivity contribution in [2.45, 2.75) is 105 Å². The number of amides is 1. The first kappa shape index (κ1) is 31.2. The average Bonchev–Trinajstić information content (AvgIpc) is 3.31. The number of esters is 2. The van der Waals surface area contributed by atoms with E-state index in [-0.39, 0.29) is 41.8 Å². The number of thiophene rings is 1. The van der Waals surface area contributed by atoms with Gasteiger partial charge in [-0.05, 0) is 97.0 Å². The highest BCUT2D eigenvalue weighted by molar-refractivity contribution is 7.15. The van der Waals surface area contributed by atoms with Crippen LogP contribution < -0.4 is 4.90 Å². The molecule has 1 amide bonds. The van der Waals surface area contributed by atoms with Crippen LogP contribution in [0.15, 0.2) is 6.07 Å². The number of carbonyl (C=O) groups is 3. The molecule has 1 heterocycles. The lowest BCUT2D eigenvalue weighted by Gasteiger charge is -2.35. The number of carbonyl (C=O) groups excluding carboxylic acids is 3. The molecule has 0 bridgehead atoms. The zero-order valence-electron chi connectivity index (χ0n) is 24.9. The van der Waals surface area contributed by atoms with Crippen LogP contribution in [0.5, 0.6) is 0 Å². The summed E-state index contributed by atoms with van der Waals surface area (Å²) in [4.78, 5) is 42.5. The topological polar surface area (TPSA) is 72.9 Å². The van der Waals surface area contributed by atoms with E-state index >= 15 is 0 Å². The fourth-order valence-corrected chi connectivity index (χ4v) is 6.38. The van der Waals surface area contributed by atoms with E-state index in [1.807, 2.05) is 33.8 Å². The summed E-state index contributed by atoms with van der Waals surface area (Å²) in [6.07, 6.45) is 8.10. The molecular formula is C32H47NO5S. The highest BCUT2D eigenvalue weighted by Gasteiger charge is 2.35. The van der Waals surface area contributed by atoms with E-state index in [2.05, 4.69) is 25.7 Å². The van der Waals surface area contributed by atoms with Crippen LogP contribution in [0.4, 0.5) is 5.69 Å². The van der Waals surface area contributed by atoms with Gasteiger partial charge in [0.05, 0.1) is 30.2 Å². The SMILES string of the molecule is COC(=O)c1sc(C#CC(C)(C)C)cc1N(C(=O)C1CCC(C)CC1)[C@@H](C)CCOC(=O)[C@H]1CC[C@H](C)CC1. The van der Waals surface area contributed by atoms with E-state index in [1.54, 1.807) is 4.90 Å². The summed E-state index contributed by atoms with van der Waals surface area (Å²) < 4.78 is 10.8. The predicted molar refractivity (Wildman–Crippen MR) is 157 cm³/mol. The Hall–Kier alpha value is -2.33. The molecule has 39 heavy (non-hydrogen) atoms. The number of hydrogen-bond donors (Lipinski definition) is 0. The first-order valence-corrected chi connectivity index (χ1v) is 15.5. The van der Waals surface area contributed by atoms with Crippen molar-refractivity contribution in [1.29, 1.82) is 0 Å². The van der Waals surface area contributed by atoms with Gasteiger partial charge in [-0.3, -0.25) is 9.59 Å². The summed E-state index contributed by atoms with van der Waals surface area (Å²) in [6.45, 7) is 12.8. The van der Waals surface area contributed by atoms with Gasteiger partial charge in [-0.25, -0.2) is 4.79 Å². The molecule has 216 valence electrons. The minimum absolute atomic E-state index is 0.0229. The molecule has 1 aromatic rings. The highest BCUT2D eigenvalue weighted by Crippen LogP contribution is 2.37. The number of nitrogens with zero attached hydrogens (tertiary/aromatic N) is 1. The molecule has 3 rings (SSSR count). The van der Waals surface area contributed by atoms with Gasteiger partial charge in [0, 0.05) is 23.8 Å². The number of hydrogen-bond acceptors (Lipinski definition) is 6. The minimum atomic E-state index is -0.473. The third-order valence-electron chi connectivity index (χ3n) is 8.08. The lowest BCUT2D eigenvalue weighted by atomic mass is 9.82. The number of ether oxygens (including phenoxy) is 2. The van der Waals surface area contributed by atoms with Gasteiger partial charge in [0.15, 0.2) is 0 Å². The molecular weight excluding hydrogens is 510 g/mol. The number of anilines is 1. The third-order valence-corrected chi connectivity index (χ3v) is 9.10. The standard InChI is InChI=1S/C32H47NO5S/c1-21-8-12-24(13-9-21)29(34)33(23(3)17-19-38-30(35)25-14-10-22(2)11-15-25)27-20-26(16-18-32(4,5)6)39-28(27)31(36)37-7/h20-25H,8-15,17,19H2,1-7H3/t21?,22-,23-,24?,25-/m0/s1. The van der Waals surface area contributed by atoms with Gasteiger partial charge in [-0.15, -0.1) is 11.3 Å². The van der Waals surface area contributed by atoms with E-state index in [1.165, 1.54) is 18.4 Å². The van der Waals surface area contributed by atoms with Crippen molar-refractivity contribution in [2.24, 2.45) is 29.1 Å². The lowest BCUT2D eigenvalue weighted by Crippen LogP contribution is -2.44. The van der Waals surface area contributed by atoms with Crippen LogP contribution in [0.25, 0.3) is 0 Å². The molecule has 0 unspecified atom stereocenters. The normalized spacial score (nSPS) is 24.2. The molecule has 0 spiro atoms. The second-order valence-electron chi connectivity index (χ2n) is 12.7. The Morgan fingerprint density at radius 3 is 2.10 bits per heavy atom. The summed E-state index contributed by atoms with van der Waals surface area (Å²) in [7, 11) is 1.36. The first-order valence-electron chi connectivity index (χ1n) is 14.6.